The van der Waals surface area contributed by atoms with E-state index in [0.29, 0.717) is 27.2 Å². The van der Waals surface area contributed by atoms with Gasteiger partial charge in [0.1, 0.15) is 5.75 Å². The highest BCUT2D eigenvalue weighted by atomic mass is 35.5. The summed E-state index contributed by atoms with van der Waals surface area (Å²) >= 11 is 6.18. The number of hydrogen-bond acceptors (Lipinski definition) is 3. The van der Waals surface area contributed by atoms with E-state index >= 15 is 0 Å². The van der Waals surface area contributed by atoms with E-state index in [1.165, 1.54) is 6.07 Å². The maximum absolute atomic E-state index is 12.3. The molecule has 0 unspecified atom stereocenters. The molecule has 1 amide bonds. The number of aromatic amines is 1. The number of ether oxygens (including phenoxy) is 1. The zero-order valence-electron chi connectivity index (χ0n) is 12.9. The van der Waals surface area contributed by atoms with Gasteiger partial charge in [0.15, 0.2) is 6.10 Å². The molecule has 1 aromatic heterocycles. The molecule has 6 heteroatoms. The number of halogens is 1. The first-order valence-corrected chi connectivity index (χ1v) is 7.76. The van der Waals surface area contributed by atoms with Crippen molar-refractivity contribution in [2.75, 3.05) is 5.32 Å². The van der Waals surface area contributed by atoms with E-state index in [0.717, 1.165) is 0 Å². The highest BCUT2D eigenvalue weighted by Crippen LogP contribution is 2.26. The fourth-order valence-electron chi connectivity index (χ4n) is 2.30. The topological polar surface area (TPSA) is 71.2 Å². The van der Waals surface area contributed by atoms with Crippen molar-refractivity contribution in [1.29, 1.82) is 0 Å². The van der Waals surface area contributed by atoms with Gasteiger partial charge in [-0.1, -0.05) is 29.8 Å². The minimum Gasteiger partial charge on any atom is -0.481 e. The number of hydrogen-bond donors (Lipinski definition) is 2. The Morgan fingerprint density at radius 3 is 2.71 bits per heavy atom. The van der Waals surface area contributed by atoms with Crippen molar-refractivity contribution >= 4 is 34.0 Å². The number of carbonyl (C=O) groups is 1. The number of rotatable bonds is 4. The Morgan fingerprint density at radius 1 is 1.21 bits per heavy atom. The molecule has 1 atom stereocenters. The Labute approximate surface area is 143 Å². The smallest absolute Gasteiger partial charge is 0.265 e. The van der Waals surface area contributed by atoms with Gasteiger partial charge < -0.3 is 15.0 Å². The number of H-pyrrole nitrogens is 1. The van der Waals surface area contributed by atoms with Gasteiger partial charge in [0.2, 0.25) is 0 Å². The predicted molar refractivity (Wildman–Crippen MR) is 94.7 cm³/mol. The van der Waals surface area contributed by atoms with E-state index in [-0.39, 0.29) is 11.5 Å². The molecule has 24 heavy (non-hydrogen) atoms. The van der Waals surface area contributed by atoms with Crippen molar-refractivity contribution in [3.8, 4) is 5.75 Å². The van der Waals surface area contributed by atoms with Gasteiger partial charge in [-0.3, -0.25) is 9.59 Å². The van der Waals surface area contributed by atoms with Gasteiger partial charge in [-0.2, -0.15) is 0 Å². The lowest BCUT2D eigenvalue weighted by atomic mass is 10.1. The van der Waals surface area contributed by atoms with Crippen LogP contribution in [-0.2, 0) is 4.79 Å². The number of benzene rings is 2. The van der Waals surface area contributed by atoms with Crippen molar-refractivity contribution in [3.63, 3.8) is 0 Å². The zero-order chi connectivity index (χ0) is 17.1. The number of aromatic nitrogens is 1. The first-order chi connectivity index (χ1) is 11.5. The number of pyridine rings is 1. The average molecular weight is 343 g/mol. The second-order valence-electron chi connectivity index (χ2n) is 5.29. The van der Waals surface area contributed by atoms with Gasteiger partial charge in [0.05, 0.1) is 10.7 Å². The second-order valence-corrected chi connectivity index (χ2v) is 5.70. The fraction of sp³-hybridized carbons (Fsp3) is 0.111. The maximum atomic E-state index is 12.3. The summed E-state index contributed by atoms with van der Waals surface area (Å²) in [5.74, 6) is 0.279. The van der Waals surface area contributed by atoms with Gasteiger partial charge in [-0.05, 0) is 42.6 Å². The Kier molecular flexibility index (Phi) is 4.53. The lowest BCUT2D eigenvalue weighted by Crippen LogP contribution is -2.30. The zero-order valence-corrected chi connectivity index (χ0v) is 13.6. The van der Waals surface area contributed by atoms with E-state index in [1.807, 2.05) is 18.2 Å². The van der Waals surface area contributed by atoms with Crippen LogP contribution in [0.3, 0.4) is 0 Å². The summed E-state index contributed by atoms with van der Waals surface area (Å²) in [5.41, 5.74) is 0.205. The molecule has 0 fully saturated rings. The summed E-state index contributed by atoms with van der Waals surface area (Å²) in [5, 5.41) is 4.18. The number of para-hydroxylation sites is 1. The summed E-state index contributed by atoms with van der Waals surface area (Å²) in [4.78, 5) is 26.6. The maximum Gasteiger partial charge on any atom is 0.265 e. The molecule has 0 spiro atoms. The van der Waals surface area contributed by atoms with Crippen LogP contribution >= 0.6 is 11.6 Å². The van der Waals surface area contributed by atoms with Crippen molar-refractivity contribution < 1.29 is 9.53 Å². The highest BCUT2D eigenvalue weighted by Gasteiger charge is 2.16. The third-order valence-electron chi connectivity index (χ3n) is 3.54. The monoisotopic (exact) mass is 342 g/mol. The van der Waals surface area contributed by atoms with Crippen LogP contribution in [0.15, 0.2) is 59.5 Å². The molecule has 0 aliphatic heterocycles. The van der Waals surface area contributed by atoms with E-state index in [2.05, 4.69) is 10.3 Å². The summed E-state index contributed by atoms with van der Waals surface area (Å²) < 4.78 is 5.58. The van der Waals surface area contributed by atoms with Crippen molar-refractivity contribution in [2.24, 2.45) is 0 Å². The molecule has 3 aromatic rings. The molecule has 0 radical (unpaired) electrons. The molecule has 0 saturated carbocycles. The molecule has 3 rings (SSSR count). The summed E-state index contributed by atoms with van der Waals surface area (Å²) in [6, 6.07) is 14.0. The van der Waals surface area contributed by atoms with E-state index in [1.54, 1.807) is 37.4 Å². The van der Waals surface area contributed by atoms with Crippen LogP contribution < -0.4 is 15.6 Å². The molecule has 0 saturated heterocycles. The number of fused-ring (bicyclic) bond motifs is 1. The largest absolute Gasteiger partial charge is 0.481 e. The van der Waals surface area contributed by atoms with Gasteiger partial charge in [-0.25, -0.2) is 0 Å². The van der Waals surface area contributed by atoms with Crippen LogP contribution in [0.1, 0.15) is 6.92 Å². The van der Waals surface area contributed by atoms with Crippen LogP contribution in [0.25, 0.3) is 10.8 Å². The van der Waals surface area contributed by atoms with E-state index in [4.69, 9.17) is 16.3 Å². The Morgan fingerprint density at radius 2 is 1.96 bits per heavy atom. The van der Waals surface area contributed by atoms with E-state index < -0.39 is 6.10 Å². The molecular weight excluding hydrogens is 328 g/mol. The third kappa shape index (κ3) is 3.41. The third-order valence-corrected chi connectivity index (χ3v) is 3.86. The first-order valence-electron chi connectivity index (χ1n) is 7.38. The molecule has 2 N–H and O–H groups in total. The number of amides is 1. The SMILES string of the molecule is C[C@H](Oc1ccccc1)C(=O)Nc1cc2cc[nH]c(=O)c2cc1Cl. The van der Waals surface area contributed by atoms with Crippen LogP contribution in [0.2, 0.25) is 5.02 Å². The lowest BCUT2D eigenvalue weighted by Gasteiger charge is -2.15. The normalized spacial score (nSPS) is 11.9. The molecule has 122 valence electrons. The first kappa shape index (κ1) is 16.1. The standard InChI is InChI=1S/C18H15ClN2O3/c1-11(24-13-5-3-2-4-6-13)17(22)21-16-9-12-7-8-20-18(23)14(12)10-15(16)19/h2-11H,1H3,(H,20,23)(H,21,22)/t11-/m0/s1. The van der Waals surface area contributed by atoms with Crippen molar-refractivity contribution in [3.05, 3.63) is 70.1 Å². The van der Waals surface area contributed by atoms with Gasteiger partial charge >= 0.3 is 0 Å². The van der Waals surface area contributed by atoms with Crippen LogP contribution in [-0.4, -0.2) is 17.0 Å². The fourth-order valence-corrected chi connectivity index (χ4v) is 2.51. The van der Waals surface area contributed by atoms with Crippen LogP contribution in [0, 0.1) is 0 Å². The Balaban J connectivity index is 1.80. The molecule has 1 heterocycles. The van der Waals surface area contributed by atoms with Crippen LogP contribution in [0.4, 0.5) is 5.69 Å². The summed E-state index contributed by atoms with van der Waals surface area (Å²) in [7, 11) is 0. The Bertz CT molecular complexity index is 938. The van der Waals surface area contributed by atoms with Gasteiger partial charge in [0, 0.05) is 11.6 Å². The van der Waals surface area contributed by atoms with Crippen molar-refractivity contribution in [2.45, 2.75) is 13.0 Å². The minimum absolute atomic E-state index is 0.229. The summed E-state index contributed by atoms with van der Waals surface area (Å²) in [6.07, 6.45) is 0.851. The highest BCUT2D eigenvalue weighted by molar-refractivity contribution is 6.34. The summed E-state index contributed by atoms with van der Waals surface area (Å²) in [6.45, 7) is 1.65. The quantitative estimate of drug-likeness (QED) is 0.761. The molecule has 5 nitrogen and oxygen atoms in total. The van der Waals surface area contributed by atoms with E-state index in [9.17, 15) is 9.59 Å². The molecule has 0 aliphatic carbocycles. The lowest BCUT2D eigenvalue weighted by molar-refractivity contribution is -0.122. The number of carbonyl (C=O) groups excluding carboxylic acids is 1. The second kappa shape index (κ2) is 6.76. The van der Waals surface area contributed by atoms with Gasteiger partial charge in [-0.15, -0.1) is 0 Å². The molecular formula is C18H15ClN2O3. The van der Waals surface area contributed by atoms with Crippen LogP contribution in [0.5, 0.6) is 5.75 Å². The number of nitrogens with one attached hydrogen (secondary N) is 2. The molecule has 0 bridgehead atoms. The molecule has 0 aliphatic rings. The minimum atomic E-state index is -0.696. The van der Waals surface area contributed by atoms with Crippen molar-refractivity contribution in [1.82, 2.24) is 4.98 Å². The number of anilines is 1. The average Bonchev–Trinajstić information content (AvgIpc) is 2.57. The Hall–Kier alpha value is -2.79. The van der Waals surface area contributed by atoms with Gasteiger partial charge in [0.25, 0.3) is 11.5 Å². The predicted octanol–water partition coefficient (Wildman–Crippen LogP) is 3.59. The molecule has 2 aromatic carbocycles.